The molecule has 3 atom stereocenters. The number of carboxylic acids is 1. The molecule has 2 aliphatic heterocycles. The van der Waals surface area contributed by atoms with Crippen molar-refractivity contribution in [3.05, 3.63) is 29.8 Å². The van der Waals surface area contributed by atoms with E-state index in [0.717, 1.165) is 5.69 Å². The van der Waals surface area contributed by atoms with Gasteiger partial charge in [-0.1, -0.05) is 0 Å². The fraction of sp³-hybridized carbons (Fsp3) is 0.526. The molecular formula is C19H23Cl2N3O4S. The van der Waals surface area contributed by atoms with Gasteiger partial charge in [-0.15, -0.1) is 35.0 Å². The highest BCUT2D eigenvalue weighted by molar-refractivity contribution is 8.01. The molecule has 2 fully saturated rings. The quantitative estimate of drug-likeness (QED) is 0.457. The number of hydrogen-bond acceptors (Lipinski definition) is 5. The van der Waals surface area contributed by atoms with Crippen LogP contribution >= 0.6 is 35.0 Å². The number of halogens is 2. The Morgan fingerprint density at radius 2 is 1.79 bits per heavy atom. The maximum absolute atomic E-state index is 12.6. The molecule has 0 bridgehead atoms. The summed E-state index contributed by atoms with van der Waals surface area (Å²) < 4.78 is -0.623. The predicted octanol–water partition coefficient (Wildman–Crippen LogP) is 2.22. The molecule has 158 valence electrons. The summed E-state index contributed by atoms with van der Waals surface area (Å²) in [6.07, 6.45) is 0. The monoisotopic (exact) mass is 459 g/mol. The number of nitrogens with zero attached hydrogens (tertiary/aromatic N) is 2. The summed E-state index contributed by atoms with van der Waals surface area (Å²) in [6.45, 7) is 4.89. The molecule has 0 spiro atoms. The van der Waals surface area contributed by atoms with Crippen molar-refractivity contribution in [1.29, 1.82) is 0 Å². The van der Waals surface area contributed by atoms with Gasteiger partial charge in [0.25, 0.3) is 5.91 Å². The summed E-state index contributed by atoms with van der Waals surface area (Å²) in [4.78, 5) is 40.1. The summed E-state index contributed by atoms with van der Waals surface area (Å²) in [7, 11) is 0. The number of hydrogen-bond donors (Lipinski definition) is 2. The largest absolute Gasteiger partial charge is 0.480 e. The van der Waals surface area contributed by atoms with Gasteiger partial charge in [0.15, 0.2) is 0 Å². The van der Waals surface area contributed by atoms with E-state index in [1.165, 1.54) is 16.7 Å². The van der Waals surface area contributed by atoms with E-state index >= 15 is 0 Å². The third-order valence-corrected chi connectivity index (χ3v) is 7.07. The van der Waals surface area contributed by atoms with E-state index in [0.29, 0.717) is 30.4 Å². The Morgan fingerprint density at radius 1 is 1.21 bits per heavy atom. The third kappa shape index (κ3) is 4.15. The molecule has 3 rings (SSSR count). The average Bonchev–Trinajstić information content (AvgIpc) is 2.94. The molecule has 10 heteroatoms. The number of fused-ring (bicyclic) bond motifs is 1. The highest BCUT2D eigenvalue weighted by atomic mass is 35.5. The van der Waals surface area contributed by atoms with Crippen LogP contribution in [-0.4, -0.2) is 74.8 Å². The minimum Gasteiger partial charge on any atom is -0.480 e. The molecule has 0 saturated carbocycles. The molecule has 2 heterocycles. The van der Waals surface area contributed by atoms with Gasteiger partial charge in [-0.05, 0) is 38.1 Å². The average molecular weight is 460 g/mol. The van der Waals surface area contributed by atoms with E-state index in [4.69, 9.17) is 23.2 Å². The van der Waals surface area contributed by atoms with Crippen LogP contribution in [0.3, 0.4) is 0 Å². The number of β-lactam (4-membered cyclic amide) rings is 1. The lowest BCUT2D eigenvalue weighted by Crippen LogP contribution is -2.70. The van der Waals surface area contributed by atoms with Crippen molar-refractivity contribution in [2.45, 2.75) is 36.1 Å². The van der Waals surface area contributed by atoms with Gasteiger partial charge in [0.2, 0.25) is 5.91 Å². The number of rotatable bonds is 8. The number of nitrogens with one attached hydrogen (secondary N) is 1. The van der Waals surface area contributed by atoms with Crippen molar-refractivity contribution in [2.75, 3.05) is 29.7 Å². The zero-order valence-corrected chi connectivity index (χ0v) is 18.4. The van der Waals surface area contributed by atoms with Crippen molar-refractivity contribution in [1.82, 2.24) is 10.2 Å². The number of alkyl halides is 2. The number of amides is 2. The predicted molar refractivity (Wildman–Crippen MR) is 115 cm³/mol. The summed E-state index contributed by atoms with van der Waals surface area (Å²) in [5.74, 6) is -0.829. The Labute approximate surface area is 183 Å². The zero-order chi connectivity index (χ0) is 21.3. The summed E-state index contributed by atoms with van der Waals surface area (Å²) in [6, 6.07) is 5.39. The first-order valence-electron chi connectivity index (χ1n) is 9.22. The van der Waals surface area contributed by atoms with Gasteiger partial charge in [0.05, 0.1) is 0 Å². The summed E-state index contributed by atoms with van der Waals surface area (Å²) >= 11 is 13.1. The minimum atomic E-state index is -1.03. The second kappa shape index (κ2) is 8.62. The topological polar surface area (TPSA) is 90.0 Å². The van der Waals surface area contributed by atoms with Crippen LogP contribution in [-0.2, 0) is 9.59 Å². The third-order valence-electron chi connectivity index (χ3n) is 5.17. The van der Waals surface area contributed by atoms with Crippen molar-refractivity contribution in [2.24, 2.45) is 0 Å². The highest BCUT2D eigenvalue weighted by Crippen LogP contribution is 2.50. The first kappa shape index (κ1) is 22.1. The van der Waals surface area contributed by atoms with Crippen molar-refractivity contribution in [3.8, 4) is 0 Å². The number of benzene rings is 1. The summed E-state index contributed by atoms with van der Waals surface area (Å²) in [5, 5.41) is 11.8. The minimum absolute atomic E-state index is 0.360. The van der Waals surface area contributed by atoms with E-state index in [1.54, 1.807) is 26.0 Å². The number of aliphatic carboxylic acids is 1. The Morgan fingerprint density at radius 3 is 2.31 bits per heavy atom. The van der Waals surface area contributed by atoms with Crippen LogP contribution < -0.4 is 10.2 Å². The molecule has 1 aromatic rings. The van der Waals surface area contributed by atoms with E-state index < -0.39 is 22.8 Å². The molecule has 1 aromatic carbocycles. The summed E-state index contributed by atoms with van der Waals surface area (Å²) in [5.41, 5.74) is 1.33. The standard InChI is InChI=1S/C19H23Cl2N3O4S/c1-19(2)14(18(27)28)24-16(26)13(17(24)29-19)22-15(25)11-3-5-12(6-4-11)23(9-7-20)10-8-21/h3-6,13-14,17H,7-10H2,1-2H3,(H,22,25)(H,27,28)/t13-,14+,17-/m1/s1. The van der Waals surface area contributed by atoms with Crippen LogP contribution in [0, 0.1) is 0 Å². The van der Waals surface area contributed by atoms with E-state index in [1.807, 2.05) is 17.0 Å². The van der Waals surface area contributed by atoms with Crippen LogP contribution in [0.15, 0.2) is 24.3 Å². The van der Waals surface area contributed by atoms with Crippen LogP contribution in [0.25, 0.3) is 0 Å². The number of thioether (sulfide) groups is 1. The fourth-order valence-electron chi connectivity index (χ4n) is 3.77. The lowest BCUT2D eigenvalue weighted by atomic mass is 9.96. The molecular weight excluding hydrogens is 437 g/mol. The maximum atomic E-state index is 12.6. The fourth-order valence-corrected chi connectivity index (χ4v) is 5.80. The van der Waals surface area contributed by atoms with E-state index in [2.05, 4.69) is 5.32 Å². The highest BCUT2D eigenvalue weighted by Gasteiger charge is 2.64. The number of carboxylic acid groups (broad SMARTS) is 1. The Balaban J connectivity index is 1.67. The smallest absolute Gasteiger partial charge is 0.327 e. The molecule has 0 aromatic heterocycles. The molecule has 2 amide bonds. The zero-order valence-electron chi connectivity index (χ0n) is 16.1. The van der Waals surface area contributed by atoms with Gasteiger partial charge in [-0.2, -0.15) is 0 Å². The number of carbonyl (C=O) groups is 3. The lowest BCUT2D eigenvalue weighted by molar-refractivity contribution is -0.159. The molecule has 0 radical (unpaired) electrons. The van der Waals surface area contributed by atoms with Gasteiger partial charge in [-0.25, -0.2) is 4.79 Å². The maximum Gasteiger partial charge on any atom is 0.327 e. The Hall–Kier alpha value is -1.64. The number of carbonyl (C=O) groups excluding carboxylic acids is 2. The van der Waals surface area contributed by atoms with Gasteiger partial charge < -0.3 is 20.2 Å². The van der Waals surface area contributed by atoms with E-state index in [-0.39, 0.29) is 17.2 Å². The molecule has 0 unspecified atom stereocenters. The van der Waals surface area contributed by atoms with E-state index in [9.17, 15) is 19.5 Å². The van der Waals surface area contributed by atoms with Gasteiger partial charge in [0.1, 0.15) is 17.5 Å². The Bertz CT molecular complexity index is 799. The van der Waals surface area contributed by atoms with Gasteiger partial charge in [0, 0.05) is 40.8 Å². The molecule has 2 N–H and O–H groups in total. The lowest BCUT2D eigenvalue weighted by Gasteiger charge is -2.43. The van der Waals surface area contributed by atoms with Gasteiger partial charge in [-0.3, -0.25) is 9.59 Å². The molecule has 0 aliphatic carbocycles. The second-order valence-electron chi connectivity index (χ2n) is 7.46. The normalized spacial score (nSPS) is 24.6. The van der Waals surface area contributed by atoms with Crippen LogP contribution in [0.4, 0.5) is 5.69 Å². The Kier molecular flexibility index (Phi) is 6.55. The first-order chi connectivity index (χ1) is 13.7. The number of anilines is 1. The molecule has 29 heavy (non-hydrogen) atoms. The molecule has 2 saturated heterocycles. The SMILES string of the molecule is CC1(C)S[C@@H]2[C@H](NC(=O)c3ccc(N(CCCl)CCCl)cc3)C(=O)N2[C@H]1C(=O)O. The van der Waals surface area contributed by atoms with Crippen LogP contribution in [0.1, 0.15) is 24.2 Å². The van der Waals surface area contributed by atoms with Crippen molar-refractivity contribution < 1.29 is 19.5 Å². The van der Waals surface area contributed by atoms with Crippen LogP contribution in [0.2, 0.25) is 0 Å². The second-order valence-corrected chi connectivity index (χ2v) is 9.99. The molecule has 2 aliphatic rings. The molecule has 7 nitrogen and oxygen atoms in total. The van der Waals surface area contributed by atoms with Crippen LogP contribution in [0.5, 0.6) is 0 Å². The van der Waals surface area contributed by atoms with Gasteiger partial charge >= 0.3 is 5.97 Å². The first-order valence-corrected chi connectivity index (χ1v) is 11.2. The van der Waals surface area contributed by atoms with Crippen molar-refractivity contribution >= 4 is 58.4 Å². The van der Waals surface area contributed by atoms with Crippen molar-refractivity contribution in [3.63, 3.8) is 0 Å².